The summed E-state index contributed by atoms with van der Waals surface area (Å²) in [5, 5.41) is 0. The number of rotatable bonds is 6. The van der Waals surface area contributed by atoms with Crippen molar-refractivity contribution in [3.05, 3.63) is 0 Å². The normalized spacial score (nSPS) is 17.2. The molecule has 3 unspecified atom stereocenters. The minimum absolute atomic E-state index is 0. The Morgan fingerprint density at radius 3 is 2.23 bits per heavy atom. The van der Waals surface area contributed by atoms with Gasteiger partial charge in [0.2, 0.25) is 0 Å². The van der Waals surface area contributed by atoms with Gasteiger partial charge in [-0.3, -0.25) is 13.7 Å². The topological polar surface area (TPSA) is 154 Å². The summed E-state index contributed by atoms with van der Waals surface area (Å²) in [5.74, 6) is 0. The molecule has 0 radical (unpaired) electrons. The first-order chi connectivity index (χ1) is 5.52. The Bertz CT molecular complexity index is 177. The highest BCUT2D eigenvalue weighted by Crippen LogP contribution is 2.19. The van der Waals surface area contributed by atoms with Gasteiger partial charge in [0.15, 0.2) is 0 Å². The van der Waals surface area contributed by atoms with E-state index in [0.29, 0.717) is 0 Å². The minimum atomic E-state index is -3.05. The summed E-state index contributed by atoms with van der Waals surface area (Å²) >= 11 is 0. The predicted molar refractivity (Wildman–Crippen MR) is 47.1 cm³/mol. The summed E-state index contributed by atoms with van der Waals surface area (Å²) < 4.78 is 28.5. The van der Waals surface area contributed by atoms with Gasteiger partial charge in [0, 0.05) is 6.42 Å². The van der Waals surface area contributed by atoms with Crippen molar-refractivity contribution in [2.75, 3.05) is 6.61 Å². The average Bonchev–Trinajstić information content (AvgIpc) is 1.84. The smallest absolute Gasteiger partial charge is 0.318 e. The van der Waals surface area contributed by atoms with Crippen molar-refractivity contribution >= 4 is 16.5 Å². The standard InChI is InChI=1S/C3H11NO6P2.H3N/c4-3(10-12(7)8)1-2-9-11(5)6;/h3,11-12H,1-2,4H2,(H,5,6)(H,7,8);1H3. The zero-order valence-corrected chi connectivity index (χ0v) is 8.80. The van der Waals surface area contributed by atoms with E-state index in [1.165, 1.54) is 0 Å². The van der Waals surface area contributed by atoms with Crippen molar-refractivity contribution in [1.82, 2.24) is 6.15 Å². The lowest BCUT2D eigenvalue weighted by Crippen LogP contribution is -2.22. The van der Waals surface area contributed by atoms with E-state index >= 15 is 0 Å². The van der Waals surface area contributed by atoms with Crippen LogP contribution in [0, 0.1) is 0 Å². The Kier molecular flexibility index (Phi) is 10.6. The van der Waals surface area contributed by atoms with E-state index in [-0.39, 0.29) is 19.2 Å². The Hall–Kier alpha value is 0.220. The fourth-order valence-electron chi connectivity index (χ4n) is 0.451. The molecule has 0 rings (SSSR count). The second-order valence-corrected chi connectivity index (χ2v) is 3.41. The predicted octanol–water partition coefficient (Wildman–Crippen LogP) is -0.379. The summed E-state index contributed by atoms with van der Waals surface area (Å²) in [6.45, 7) is -0.0788. The van der Waals surface area contributed by atoms with Gasteiger partial charge in [-0.05, 0) is 0 Å². The Balaban J connectivity index is 0. The minimum Gasteiger partial charge on any atom is -0.344 e. The fraction of sp³-hybridized carbons (Fsp3) is 1.00. The van der Waals surface area contributed by atoms with Crippen molar-refractivity contribution in [3.63, 3.8) is 0 Å². The lowest BCUT2D eigenvalue weighted by molar-refractivity contribution is 0.157. The Morgan fingerprint density at radius 2 is 1.85 bits per heavy atom. The largest absolute Gasteiger partial charge is 0.344 e. The summed E-state index contributed by atoms with van der Waals surface area (Å²) in [4.78, 5) is 16.4. The van der Waals surface area contributed by atoms with Gasteiger partial charge in [-0.1, -0.05) is 0 Å². The van der Waals surface area contributed by atoms with Crippen molar-refractivity contribution in [2.45, 2.75) is 12.6 Å². The molecule has 0 saturated heterocycles. The summed E-state index contributed by atoms with van der Waals surface area (Å²) in [7, 11) is -6.00. The molecule has 13 heavy (non-hydrogen) atoms. The van der Waals surface area contributed by atoms with Crippen LogP contribution in [0.5, 0.6) is 0 Å². The quantitative estimate of drug-likeness (QED) is 0.359. The van der Waals surface area contributed by atoms with Crippen LogP contribution in [0.4, 0.5) is 0 Å². The van der Waals surface area contributed by atoms with E-state index in [1.807, 2.05) is 0 Å². The van der Waals surface area contributed by atoms with Gasteiger partial charge in [0.05, 0.1) is 6.61 Å². The highest BCUT2D eigenvalue weighted by atomic mass is 31.1. The van der Waals surface area contributed by atoms with E-state index < -0.39 is 22.7 Å². The SMILES string of the molecule is N.NC(CCO[PH](=O)O)O[PH](=O)O. The molecule has 0 aromatic heterocycles. The first-order valence-corrected chi connectivity index (χ1v) is 5.56. The number of hydrogen-bond donors (Lipinski definition) is 4. The first-order valence-electron chi connectivity index (χ1n) is 3.03. The molecule has 0 bridgehead atoms. The third kappa shape index (κ3) is 12.2. The average molecular weight is 236 g/mol. The van der Waals surface area contributed by atoms with Crippen LogP contribution in [-0.4, -0.2) is 22.6 Å². The maximum atomic E-state index is 10.0. The molecular weight excluding hydrogens is 222 g/mol. The molecule has 0 saturated carbocycles. The first kappa shape index (κ1) is 15.7. The van der Waals surface area contributed by atoms with Crippen LogP contribution in [0.15, 0.2) is 0 Å². The molecule has 0 aromatic rings. The van der Waals surface area contributed by atoms with Gasteiger partial charge in [-0.25, -0.2) is 0 Å². The molecule has 0 heterocycles. The van der Waals surface area contributed by atoms with Crippen LogP contribution in [-0.2, 0) is 18.2 Å². The molecule has 3 atom stereocenters. The third-order valence-electron chi connectivity index (χ3n) is 0.880. The van der Waals surface area contributed by atoms with Crippen molar-refractivity contribution < 1.29 is 28.0 Å². The van der Waals surface area contributed by atoms with E-state index in [0.717, 1.165) is 0 Å². The van der Waals surface area contributed by atoms with Crippen LogP contribution in [0.25, 0.3) is 0 Å². The molecule has 7 N–H and O–H groups in total. The molecular formula is C3H14N2O6P2. The zero-order valence-electron chi connectivity index (χ0n) is 6.80. The molecule has 0 aliphatic rings. The highest BCUT2D eigenvalue weighted by molar-refractivity contribution is 7.32. The van der Waals surface area contributed by atoms with Gasteiger partial charge in [-0.15, -0.1) is 0 Å². The summed E-state index contributed by atoms with van der Waals surface area (Å²) in [5.41, 5.74) is 5.15. The number of hydrogen-bond acceptors (Lipinski definition) is 6. The molecule has 0 fully saturated rings. The van der Waals surface area contributed by atoms with Crippen molar-refractivity contribution in [1.29, 1.82) is 0 Å². The zero-order chi connectivity index (χ0) is 9.56. The Labute approximate surface area is 76.5 Å². The van der Waals surface area contributed by atoms with Crippen LogP contribution in [0.1, 0.15) is 6.42 Å². The molecule has 8 nitrogen and oxygen atoms in total. The van der Waals surface area contributed by atoms with Crippen LogP contribution < -0.4 is 11.9 Å². The third-order valence-corrected chi connectivity index (χ3v) is 1.84. The maximum Gasteiger partial charge on any atom is 0.318 e. The van der Waals surface area contributed by atoms with Gasteiger partial charge in [-0.2, -0.15) is 0 Å². The highest BCUT2D eigenvalue weighted by Gasteiger charge is 2.05. The van der Waals surface area contributed by atoms with E-state index in [9.17, 15) is 9.13 Å². The van der Waals surface area contributed by atoms with Crippen LogP contribution >= 0.6 is 16.5 Å². The lowest BCUT2D eigenvalue weighted by atomic mass is 10.4. The van der Waals surface area contributed by atoms with E-state index in [1.54, 1.807) is 0 Å². The maximum absolute atomic E-state index is 10.0. The monoisotopic (exact) mass is 236 g/mol. The van der Waals surface area contributed by atoms with Gasteiger partial charge in [0.25, 0.3) is 0 Å². The van der Waals surface area contributed by atoms with E-state index in [2.05, 4.69) is 9.05 Å². The van der Waals surface area contributed by atoms with Crippen LogP contribution in [0.2, 0.25) is 0 Å². The molecule has 0 spiro atoms. The van der Waals surface area contributed by atoms with Gasteiger partial charge < -0.3 is 26.2 Å². The molecule has 82 valence electrons. The molecule has 0 aliphatic carbocycles. The number of nitrogens with two attached hydrogens (primary N) is 1. The summed E-state index contributed by atoms with van der Waals surface area (Å²) in [6.07, 6.45) is -0.851. The second kappa shape index (κ2) is 8.80. The summed E-state index contributed by atoms with van der Waals surface area (Å²) in [6, 6.07) is 0. The van der Waals surface area contributed by atoms with Crippen molar-refractivity contribution in [3.8, 4) is 0 Å². The van der Waals surface area contributed by atoms with Gasteiger partial charge >= 0.3 is 16.5 Å². The van der Waals surface area contributed by atoms with Gasteiger partial charge in [0.1, 0.15) is 6.23 Å². The second-order valence-electron chi connectivity index (χ2n) is 1.83. The lowest BCUT2D eigenvalue weighted by Gasteiger charge is -2.08. The molecule has 0 aliphatic heterocycles. The Morgan fingerprint density at radius 1 is 1.31 bits per heavy atom. The molecule has 0 amide bonds. The molecule has 0 aromatic carbocycles. The van der Waals surface area contributed by atoms with E-state index in [4.69, 9.17) is 15.5 Å². The van der Waals surface area contributed by atoms with Crippen LogP contribution in [0.3, 0.4) is 0 Å². The molecule has 10 heteroatoms. The fourth-order valence-corrected chi connectivity index (χ4v) is 1.12. The van der Waals surface area contributed by atoms with Crippen molar-refractivity contribution in [2.24, 2.45) is 5.73 Å².